The second-order valence-corrected chi connectivity index (χ2v) is 4.95. The highest BCUT2D eigenvalue weighted by Crippen LogP contribution is 2.35. The van der Waals surface area contributed by atoms with Crippen molar-refractivity contribution < 1.29 is 9.47 Å². The predicted molar refractivity (Wildman–Crippen MR) is 77.0 cm³/mol. The van der Waals surface area contributed by atoms with E-state index in [0.29, 0.717) is 6.61 Å². The standard InChI is InChI=1S/C18H13O2/c1-2-6-14-11-20-18(9-13(14)5-1)17-12-19-10-15-7-3-4-8-16(15)17/h1-5,7-9,11H,6,10H2. The van der Waals surface area contributed by atoms with Crippen molar-refractivity contribution in [1.29, 1.82) is 0 Å². The summed E-state index contributed by atoms with van der Waals surface area (Å²) < 4.78 is 11.2. The van der Waals surface area contributed by atoms with Gasteiger partial charge < -0.3 is 9.47 Å². The Morgan fingerprint density at radius 3 is 3.10 bits per heavy atom. The summed E-state index contributed by atoms with van der Waals surface area (Å²) in [7, 11) is 0. The molecule has 4 rings (SSSR count). The van der Waals surface area contributed by atoms with Crippen LogP contribution in [0.5, 0.6) is 0 Å². The van der Waals surface area contributed by atoms with E-state index in [0.717, 1.165) is 28.9 Å². The van der Waals surface area contributed by atoms with E-state index < -0.39 is 0 Å². The van der Waals surface area contributed by atoms with Crippen LogP contribution in [0.2, 0.25) is 0 Å². The van der Waals surface area contributed by atoms with Crippen LogP contribution in [0.4, 0.5) is 0 Å². The molecule has 97 valence electrons. The second kappa shape index (κ2) is 4.57. The third-order valence-electron chi connectivity index (χ3n) is 3.67. The summed E-state index contributed by atoms with van der Waals surface area (Å²) in [5.74, 6) is 0.794. The van der Waals surface area contributed by atoms with Crippen molar-refractivity contribution in [2.24, 2.45) is 0 Å². The van der Waals surface area contributed by atoms with Crippen molar-refractivity contribution in [2.75, 3.05) is 0 Å². The van der Waals surface area contributed by atoms with Crippen LogP contribution in [0, 0.1) is 6.26 Å². The molecule has 0 saturated carbocycles. The van der Waals surface area contributed by atoms with E-state index in [9.17, 15) is 0 Å². The van der Waals surface area contributed by atoms with Crippen LogP contribution in [0.3, 0.4) is 0 Å². The largest absolute Gasteiger partial charge is 0.484 e. The molecule has 1 aromatic rings. The van der Waals surface area contributed by atoms with Crippen LogP contribution in [0.25, 0.3) is 5.57 Å². The van der Waals surface area contributed by atoms with Gasteiger partial charge in [-0.1, -0.05) is 42.5 Å². The molecule has 3 aliphatic rings. The zero-order chi connectivity index (χ0) is 13.4. The van der Waals surface area contributed by atoms with Crippen molar-refractivity contribution in [1.82, 2.24) is 0 Å². The molecule has 0 unspecified atom stereocenters. The number of allylic oxidation sites excluding steroid dienone is 7. The van der Waals surface area contributed by atoms with E-state index in [2.05, 4.69) is 42.7 Å². The van der Waals surface area contributed by atoms with Gasteiger partial charge in [-0.15, -0.1) is 0 Å². The van der Waals surface area contributed by atoms with Gasteiger partial charge in [0.05, 0.1) is 11.8 Å². The van der Waals surface area contributed by atoms with Gasteiger partial charge in [0.2, 0.25) is 0 Å². The summed E-state index contributed by atoms with van der Waals surface area (Å²) in [4.78, 5) is 0. The monoisotopic (exact) mass is 261 g/mol. The fraction of sp³-hybridized carbons (Fsp3) is 0.111. The first-order chi connectivity index (χ1) is 9.92. The molecule has 2 heterocycles. The van der Waals surface area contributed by atoms with Gasteiger partial charge in [-0.2, -0.15) is 0 Å². The maximum absolute atomic E-state index is 5.79. The van der Waals surface area contributed by atoms with Gasteiger partial charge in [-0.3, -0.25) is 0 Å². The number of hydrogen-bond acceptors (Lipinski definition) is 2. The van der Waals surface area contributed by atoms with E-state index >= 15 is 0 Å². The number of benzene rings is 1. The number of hydrogen-bond donors (Lipinski definition) is 0. The molecule has 1 aliphatic carbocycles. The van der Waals surface area contributed by atoms with Crippen LogP contribution >= 0.6 is 0 Å². The van der Waals surface area contributed by atoms with Crippen molar-refractivity contribution in [3.8, 4) is 0 Å². The molecule has 2 heteroatoms. The van der Waals surface area contributed by atoms with E-state index in [-0.39, 0.29) is 0 Å². The lowest BCUT2D eigenvalue weighted by molar-refractivity contribution is 0.209. The van der Waals surface area contributed by atoms with Crippen molar-refractivity contribution in [3.63, 3.8) is 0 Å². The quantitative estimate of drug-likeness (QED) is 0.759. The van der Waals surface area contributed by atoms with Crippen LogP contribution in [0.1, 0.15) is 17.5 Å². The molecule has 1 radical (unpaired) electrons. The normalized spacial score (nSPS) is 19.4. The molecule has 2 nitrogen and oxygen atoms in total. The van der Waals surface area contributed by atoms with E-state index in [1.807, 2.05) is 18.4 Å². The molecule has 0 N–H and O–H groups in total. The van der Waals surface area contributed by atoms with Crippen molar-refractivity contribution in [3.05, 3.63) is 89.1 Å². The lowest BCUT2D eigenvalue weighted by Crippen LogP contribution is -2.08. The molecule has 1 aromatic carbocycles. The Balaban J connectivity index is 1.76. The minimum atomic E-state index is 0.569. The average molecular weight is 261 g/mol. The molecular weight excluding hydrogens is 248 g/mol. The van der Waals surface area contributed by atoms with Crippen molar-refractivity contribution >= 4 is 5.57 Å². The Morgan fingerprint density at radius 2 is 2.10 bits per heavy atom. The first-order valence-electron chi connectivity index (χ1n) is 6.70. The van der Waals surface area contributed by atoms with Gasteiger partial charge in [-0.05, 0) is 34.8 Å². The van der Waals surface area contributed by atoms with E-state index in [4.69, 9.17) is 9.47 Å². The van der Waals surface area contributed by atoms with E-state index in [1.54, 1.807) is 0 Å². The molecule has 0 spiro atoms. The van der Waals surface area contributed by atoms with Gasteiger partial charge >= 0.3 is 0 Å². The Hall–Kier alpha value is -2.48. The summed E-state index contributed by atoms with van der Waals surface area (Å²) in [5, 5.41) is 0. The van der Waals surface area contributed by atoms with Crippen LogP contribution in [-0.2, 0) is 16.1 Å². The molecule has 0 amide bonds. The average Bonchev–Trinajstić information content (AvgIpc) is 2.54. The van der Waals surface area contributed by atoms with Gasteiger partial charge in [-0.25, -0.2) is 0 Å². The minimum absolute atomic E-state index is 0.569. The van der Waals surface area contributed by atoms with Gasteiger partial charge in [0.15, 0.2) is 6.26 Å². The van der Waals surface area contributed by atoms with E-state index in [1.165, 1.54) is 11.1 Å². The number of fused-ring (bicyclic) bond motifs is 2. The highest BCUT2D eigenvalue weighted by atomic mass is 16.5. The summed E-state index contributed by atoms with van der Waals surface area (Å²) in [6, 6.07) is 8.20. The molecule has 2 aliphatic heterocycles. The molecule has 20 heavy (non-hydrogen) atoms. The third kappa shape index (κ3) is 1.81. The van der Waals surface area contributed by atoms with Gasteiger partial charge in [0.1, 0.15) is 12.4 Å². The maximum Gasteiger partial charge on any atom is 0.174 e. The second-order valence-electron chi connectivity index (χ2n) is 4.95. The number of ether oxygens (including phenoxy) is 2. The molecule has 0 aromatic heterocycles. The highest BCUT2D eigenvalue weighted by Gasteiger charge is 2.21. The Bertz CT molecular complexity index is 715. The van der Waals surface area contributed by atoms with Crippen LogP contribution in [0.15, 0.2) is 71.7 Å². The molecular formula is C18H13O2. The summed E-state index contributed by atoms with van der Waals surface area (Å²) in [6.45, 7) is 0.569. The molecule has 0 bridgehead atoms. The SMILES string of the molecule is [C]1=C(C2=CC3=CC=CCC3=CO2)c2ccccc2CO1. The Kier molecular flexibility index (Phi) is 2.59. The predicted octanol–water partition coefficient (Wildman–Crippen LogP) is 4.05. The van der Waals surface area contributed by atoms with Crippen molar-refractivity contribution in [2.45, 2.75) is 13.0 Å². The van der Waals surface area contributed by atoms with Gasteiger partial charge in [0.25, 0.3) is 0 Å². The number of rotatable bonds is 1. The summed E-state index contributed by atoms with van der Waals surface area (Å²) in [5.41, 5.74) is 5.59. The Labute approximate surface area is 118 Å². The lowest BCUT2D eigenvalue weighted by atomic mass is 9.93. The first-order valence-corrected chi connectivity index (χ1v) is 6.70. The smallest absolute Gasteiger partial charge is 0.174 e. The highest BCUT2D eigenvalue weighted by molar-refractivity contribution is 5.79. The maximum atomic E-state index is 5.79. The molecule has 0 saturated heterocycles. The fourth-order valence-corrected chi connectivity index (χ4v) is 2.60. The Morgan fingerprint density at radius 1 is 1.15 bits per heavy atom. The third-order valence-corrected chi connectivity index (χ3v) is 3.67. The minimum Gasteiger partial charge on any atom is -0.484 e. The summed E-state index contributed by atoms with van der Waals surface area (Å²) >= 11 is 0. The topological polar surface area (TPSA) is 18.5 Å². The first kappa shape index (κ1) is 11.4. The van der Waals surface area contributed by atoms with Gasteiger partial charge in [0, 0.05) is 0 Å². The lowest BCUT2D eigenvalue weighted by Gasteiger charge is -2.23. The van der Waals surface area contributed by atoms with Crippen LogP contribution in [-0.4, -0.2) is 0 Å². The fourth-order valence-electron chi connectivity index (χ4n) is 2.60. The van der Waals surface area contributed by atoms with Crippen LogP contribution < -0.4 is 0 Å². The zero-order valence-electron chi connectivity index (χ0n) is 10.9. The molecule has 0 fully saturated rings. The zero-order valence-corrected chi connectivity index (χ0v) is 10.9. The summed E-state index contributed by atoms with van der Waals surface area (Å²) in [6.07, 6.45) is 14.1. The molecule has 0 atom stereocenters.